The highest BCUT2D eigenvalue weighted by atomic mass is 16.6. The number of benzene rings is 1. The zero-order valence-corrected chi connectivity index (χ0v) is 17.1. The highest BCUT2D eigenvalue weighted by Crippen LogP contribution is 2.20. The predicted octanol–water partition coefficient (Wildman–Crippen LogP) is 3.32. The van der Waals surface area contributed by atoms with Gasteiger partial charge < -0.3 is 18.9 Å². The highest BCUT2D eigenvalue weighted by molar-refractivity contribution is 6.02. The van der Waals surface area contributed by atoms with E-state index in [1.165, 1.54) is 0 Å². The maximum Gasteiger partial charge on any atom is 0.374 e. The molecule has 1 rings (SSSR count). The Morgan fingerprint density at radius 1 is 0.857 bits per heavy atom. The first kappa shape index (κ1) is 23.2. The van der Waals surface area contributed by atoms with Gasteiger partial charge in [0, 0.05) is 0 Å². The number of hydrogen-bond donors (Lipinski definition) is 0. The van der Waals surface area contributed by atoms with Crippen molar-refractivity contribution in [3.63, 3.8) is 0 Å². The number of carbonyl (C=O) groups excluding carboxylic acids is 3. The molecular formula is C21H28O7. The van der Waals surface area contributed by atoms with Crippen molar-refractivity contribution in [2.24, 2.45) is 0 Å². The minimum Gasteiger partial charge on any atom is -0.481 e. The molecule has 0 unspecified atom stereocenters. The third-order valence-corrected chi connectivity index (χ3v) is 3.23. The average molecular weight is 392 g/mol. The summed E-state index contributed by atoms with van der Waals surface area (Å²) in [6.07, 6.45) is -0.462. The van der Waals surface area contributed by atoms with Gasteiger partial charge in [-0.15, -0.1) is 0 Å². The number of rotatable bonds is 9. The molecule has 0 aliphatic heterocycles. The van der Waals surface area contributed by atoms with Gasteiger partial charge in [0.2, 0.25) is 5.76 Å². The summed E-state index contributed by atoms with van der Waals surface area (Å²) in [6.45, 7) is 8.57. The van der Waals surface area contributed by atoms with E-state index in [2.05, 4.69) is 0 Å². The second kappa shape index (κ2) is 11.1. The Balaban J connectivity index is 3.28. The first-order valence-corrected chi connectivity index (χ1v) is 9.13. The van der Waals surface area contributed by atoms with Crippen LogP contribution in [0.1, 0.15) is 46.6 Å². The van der Waals surface area contributed by atoms with Crippen molar-refractivity contribution in [3.8, 4) is 0 Å². The molecule has 0 fully saturated rings. The molecule has 0 saturated heterocycles. The Bertz CT molecular complexity index is 699. The quantitative estimate of drug-likeness (QED) is 0.276. The van der Waals surface area contributed by atoms with Gasteiger partial charge in [0.05, 0.1) is 25.2 Å². The summed E-state index contributed by atoms with van der Waals surface area (Å²) < 4.78 is 20.9. The highest BCUT2D eigenvalue weighted by Gasteiger charge is 2.30. The molecule has 0 heterocycles. The number of carbonyl (C=O) groups is 3. The molecule has 0 amide bonds. The van der Waals surface area contributed by atoms with Crippen molar-refractivity contribution in [1.29, 1.82) is 0 Å². The summed E-state index contributed by atoms with van der Waals surface area (Å²) in [6, 6.07) is 9.10. The van der Waals surface area contributed by atoms with Crippen LogP contribution in [0.3, 0.4) is 0 Å². The average Bonchev–Trinajstić information content (AvgIpc) is 2.60. The van der Waals surface area contributed by atoms with Crippen molar-refractivity contribution in [1.82, 2.24) is 0 Å². The van der Waals surface area contributed by atoms with Crippen molar-refractivity contribution in [2.75, 3.05) is 13.2 Å². The van der Waals surface area contributed by atoms with Crippen LogP contribution in [0.4, 0.5) is 0 Å². The van der Waals surface area contributed by atoms with Crippen molar-refractivity contribution in [2.45, 2.75) is 53.2 Å². The van der Waals surface area contributed by atoms with Gasteiger partial charge >= 0.3 is 17.9 Å². The Kier molecular flexibility index (Phi) is 9.21. The van der Waals surface area contributed by atoms with E-state index in [1.807, 2.05) is 30.3 Å². The first-order chi connectivity index (χ1) is 13.2. The third kappa shape index (κ3) is 8.24. The van der Waals surface area contributed by atoms with Gasteiger partial charge in [0.25, 0.3) is 0 Å². The van der Waals surface area contributed by atoms with Crippen molar-refractivity contribution >= 4 is 17.9 Å². The lowest BCUT2D eigenvalue weighted by atomic mass is 10.1. The monoisotopic (exact) mass is 392 g/mol. The summed E-state index contributed by atoms with van der Waals surface area (Å²) in [4.78, 5) is 37.1. The summed E-state index contributed by atoms with van der Waals surface area (Å²) in [7, 11) is 0. The van der Waals surface area contributed by atoms with E-state index in [0.29, 0.717) is 0 Å². The molecule has 0 spiro atoms. The van der Waals surface area contributed by atoms with Gasteiger partial charge in [0.15, 0.2) is 0 Å². The summed E-state index contributed by atoms with van der Waals surface area (Å²) in [5.74, 6) is -2.71. The molecule has 7 nitrogen and oxygen atoms in total. The minimum absolute atomic E-state index is 0.0150. The molecule has 0 aliphatic carbocycles. The van der Waals surface area contributed by atoms with Crippen LogP contribution in [-0.2, 0) is 39.9 Å². The zero-order chi connectivity index (χ0) is 21.2. The van der Waals surface area contributed by atoms with Crippen molar-refractivity contribution in [3.05, 3.63) is 47.2 Å². The van der Waals surface area contributed by atoms with E-state index in [9.17, 15) is 14.4 Å². The molecule has 7 heteroatoms. The zero-order valence-electron chi connectivity index (χ0n) is 17.1. The predicted molar refractivity (Wildman–Crippen MR) is 102 cm³/mol. The van der Waals surface area contributed by atoms with Crippen LogP contribution >= 0.6 is 0 Å². The van der Waals surface area contributed by atoms with Crippen LogP contribution in [0.2, 0.25) is 0 Å². The van der Waals surface area contributed by atoms with E-state index < -0.39 is 29.9 Å². The van der Waals surface area contributed by atoms with E-state index in [1.54, 1.807) is 34.6 Å². The summed E-state index contributed by atoms with van der Waals surface area (Å²) in [5, 5.41) is 0. The molecule has 154 valence electrons. The van der Waals surface area contributed by atoms with E-state index >= 15 is 0 Å². The van der Waals surface area contributed by atoms with Crippen molar-refractivity contribution < 1.29 is 33.3 Å². The fraction of sp³-hybridized carbons (Fsp3) is 0.476. The fourth-order valence-electron chi connectivity index (χ4n) is 2.14. The maximum atomic E-state index is 12.7. The van der Waals surface area contributed by atoms with E-state index in [-0.39, 0.29) is 31.2 Å². The van der Waals surface area contributed by atoms with Crippen LogP contribution in [0.15, 0.2) is 41.7 Å². The van der Waals surface area contributed by atoms with Gasteiger partial charge in [-0.25, -0.2) is 9.59 Å². The SMILES string of the molecule is CCOC(=O)C/C(C(=O)OCC)=C(/OCc1ccccc1)C(=O)OC(C)(C)C. The Labute approximate surface area is 165 Å². The van der Waals surface area contributed by atoms with E-state index in [4.69, 9.17) is 18.9 Å². The molecule has 0 aliphatic rings. The van der Waals surface area contributed by atoms with Gasteiger partial charge in [-0.1, -0.05) is 30.3 Å². The lowest BCUT2D eigenvalue weighted by Crippen LogP contribution is -2.28. The van der Waals surface area contributed by atoms with Gasteiger partial charge in [-0.3, -0.25) is 4.79 Å². The van der Waals surface area contributed by atoms with Crippen LogP contribution in [0.25, 0.3) is 0 Å². The fourth-order valence-corrected chi connectivity index (χ4v) is 2.14. The van der Waals surface area contributed by atoms with Crippen LogP contribution < -0.4 is 0 Å². The molecule has 1 aromatic rings. The Morgan fingerprint density at radius 3 is 2.00 bits per heavy atom. The third-order valence-electron chi connectivity index (χ3n) is 3.23. The van der Waals surface area contributed by atoms with Gasteiger partial charge in [-0.05, 0) is 40.2 Å². The number of ether oxygens (including phenoxy) is 4. The van der Waals surface area contributed by atoms with Crippen LogP contribution in [-0.4, -0.2) is 36.7 Å². The van der Waals surface area contributed by atoms with Gasteiger partial charge in [-0.2, -0.15) is 0 Å². The van der Waals surface area contributed by atoms with Crippen LogP contribution in [0.5, 0.6) is 0 Å². The lowest BCUT2D eigenvalue weighted by molar-refractivity contribution is -0.155. The Hall–Kier alpha value is -2.83. The smallest absolute Gasteiger partial charge is 0.374 e. The molecule has 0 radical (unpaired) electrons. The molecule has 0 atom stereocenters. The largest absolute Gasteiger partial charge is 0.481 e. The second-order valence-corrected chi connectivity index (χ2v) is 6.79. The summed E-state index contributed by atoms with van der Waals surface area (Å²) in [5.41, 5.74) is -0.268. The molecule has 0 aromatic heterocycles. The molecular weight excluding hydrogens is 364 g/mol. The molecule has 0 N–H and O–H groups in total. The summed E-state index contributed by atoms with van der Waals surface area (Å²) >= 11 is 0. The molecule has 0 saturated carbocycles. The lowest BCUT2D eigenvalue weighted by Gasteiger charge is -2.22. The van der Waals surface area contributed by atoms with Crippen LogP contribution in [0, 0.1) is 0 Å². The normalized spacial score (nSPS) is 11.9. The van der Waals surface area contributed by atoms with Gasteiger partial charge in [0.1, 0.15) is 12.2 Å². The number of hydrogen-bond acceptors (Lipinski definition) is 7. The first-order valence-electron chi connectivity index (χ1n) is 9.13. The molecule has 28 heavy (non-hydrogen) atoms. The standard InChI is InChI=1S/C21H28O7/c1-6-25-17(22)13-16(19(23)26-7-2)18(20(24)28-21(3,4)5)27-14-15-11-9-8-10-12-15/h8-12H,6-7,13-14H2,1-5H3/b18-16-. The Morgan fingerprint density at radius 2 is 1.46 bits per heavy atom. The maximum absolute atomic E-state index is 12.7. The minimum atomic E-state index is -0.851. The van der Waals surface area contributed by atoms with E-state index in [0.717, 1.165) is 5.56 Å². The molecule has 0 bridgehead atoms. The second-order valence-electron chi connectivity index (χ2n) is 6.79. The topological polar surface area (TPSA) is 88.1 Å². The number of esters is 3. The molecule has 1 aromatic carbocycles.